The Morgan fingerprint density at radius 3 is 1.40 bits per heavy atom. The molecule has 0 atom stereocenters. The van der Waals surface area contributed by atoms with Crippen LogP contribution in [0.2, 0.25) is 0 Å². The van der Waals surface area contributed by atoms with Crippen LogP contribution in [0.15, 0.2) is 0 Å². The van der Waals surface area contributed by atoms with Crippen LogP contribution in [-0.4, -0.2) is 25.7 Å². The van der Waals surface area contributed by atoms with Gasteiger partial charge in [-0.2, -0.15) is 0 Å². The molecule has 0 aromatic heterocycles. The molecule has 1 rings (SSSR count). The molecule has 0 aromatic carbocycles. The van der Waals surface area contributed by atoms with Crippen molar-refractivity contribution in [1.29, 1.82) is 0 Å². The molecule has 0 aliphatic carbocycles. The predicted molar refractivity (Wildman–Crippen MR) is 28.5 cm³/mol. The normalized spacial score (nSPS) is 30.0. The summed E-state index contributed by atoms with van der Waals surface area (Å²) in [7, 11) is -0.139. The van der Waals surface area contributed by atoms with Crippen LogP contribution in [0.5, 0.6) is 0 Å². The van der Waals surface area contributed by atoms with Gasteiger partial charge in [-0.3, -0.25) is 0 Å². The standard InChI is InChI=1S/C4H10P/c1-5(2)3-4-5/h3-4H2,1-2H3/q+1. The highest BCUT2D eigenvalue weighted by molar-refractivity contribution is 7.81. The molecule has 0 radical (unpaired) electrons. The Balaban J connectivity index is 2.38. The molecule has 0 saturated carbocycles. The molecule has 1 heterocycles. The Morgan fingerprint density at radius 1 is 1.20 bits per heavy atom. The maximum atomic E-state index is 2.41. The van der Waals surface area contributed by atoms with Crippen molar-refractivity contribution in [1.82, 2.24) is 0 Å². The monoisotopic (exact) mass is 89.1 g/mol. The zero-order valence-corrected chi connectivity index (χ0v) is 4.76. The second-order valence-corrected chi connectivity index (χ2v) is 7.15. The van der Waals surface area contributed by atoms with E-state index in [0.717, 1.165) is 0 Å². The first-order valence-corrected chi connectivity index (χ1v) is 5.08. The van der Waals surface area contributed by atoms with E-state index in [9.17, 15) is 0 Å². The number of rotatable bonds is 0. The SMILES string of the molecule is C[P+]1(C)CC1. The van der Waals surface area contributed by atoms with Crippen molar-refractivity contribution < 1.29 is 0 Å². The van der Waals surface area contributed by atoms with E-state index in [0.29, 0.717) is 0 Å². The quantitative estimate of drug-likeness (QED) is 0.392. The van der Waals surface area contributed by atoms with Crippen molar-refractivity contribution in [3.63, 3.8) is 0 Å². The van der Waals surface area contributed by atoms with Gasteiger partial charge in [0.25, 0.3) is 0 Å². The molecular weight excluding hydrogens is 79.0 g/mol. The molecule has 0 bridgehead atoms. The van der Waals surface area contributed by atoms with Gasteiger partial charge in [-0.25, -0.2) is 0 Å². The first-order valence-electron chi connectivity index (χ1n) is 2.03. The summed E-state index contributed by atoms with van der Waals surface area (Å²) in [5, 5.41) is 0. The fraction of sp³-hybridized carbons (Fsp3) is 1.00. The molecular formula is C4H10P+. The second kappa shape index (κ2) is 0.733. The third kappa shape index (κ3) is 0.887. The van der Waals surface area contributed by atoms with E-state index < -0.39 is 0 Å². The van der Waals surface area contributed by atoms with Crippen LogP contribution in [0.4, 0.5) is 0 Å². The minimum atomic E-state index is -0.139. The van der Waals surface area contributed by atoms with E-state index in [2.05, 4.69) is 13.3 Å². The molecule has 1 heteroatoms. The lowest BCUT2D eigenvalue weighted by molar-refractivity contribution is 1.75. The highest BCUT2D eigenvalue weighted by atomic mass is 31.2. The van der Waals surface area contributed by atoms with Crippen molar-refractivity contribution in [2.24, 2.45) is 0 Å². The fourth-order valence-corrected chi connectivity index (χ4v) is 1.80. The summed E-state index contributed by atoms with van der Waals surface area (Å²) in [6, 6.07) is 0. The zero-order valence-electron chi connectivity index (χ0n) is 3.86. The van der Waals surface area contributed by atoms with E-state index in [1.807, 2.05) is 0 Å². The minimum absolute atomic E-state index is 0.139. The topological polar surface area (TPSA) is 0 Å². The van der Waals surface area contributed by atoms with Gasteiger partial charge < -0.3 is 0 Å². The lowest BCUT2D eigenvalue weighted by Crippen LogP contribution is -1.52. The van der Waals surface area contributed by atoms with Crippen molar-refractivity contribution in [2.45, 2.75) is 0 Å². The van der Waals surface area contributed by atoms with Crippen LogP contribution in [0, 0.1) is 0 Å². The number of hydrogen-bond acceptors (Lipinski definition) is 0. The Kier molecular flexibility index (Phi) is 0.530. The van der Waals surface area contributed by atoms with E-state index in [1.54, 1.807) is 12.3 Å². The molecule has 5 heavy (non-hydrogen) atoms. The maximum absolute atomic E-state index is 2.41. The average molecular weight is 89.1 g/mol. The average Bonchev–Trinajstić information content (AvgIpc) is 1.76. The van der Waals surface area contributed by atoms with E-state index >= 15 is 0 Å². The fourth-order valence-electron chi connectivity index (χ4n) is 0.200. The van der Waals surface area contributed by atoms with Crippen molar-refractivity contribution >= 4 is 7.26 Å². The van der Waals surface area contributed by atoms with Crippen LogP contribution < -0.4 is 0 Å². The van der Waals surface area contributed by atoms with Crippen molar-refractivity contribution in [2.75, 3.05) is 25.7 Å². The zero-order chi connectivity index (χ0) is 3.91. The van der Waals surface area contributed by atoms with Gasteiger partial charge in [-0.15, -0.1) is 0 Å². The summed E-state index contributed by atoms with van der Waals surface area (Å²) in [6.45, 7) is 4.82. The lowest BCUT2D eigenvalue weighted by Gasteiger charge is -1.78. The van der Waals surface area contributed by atoms with E-state index in [-0.39, 0.29) is 7.26 Å². The van der Waals surface area contributed by atoms with Gasteiger partial charge in [-0.05, 0) is 0 Å². The summed E-state index contributed by atoms with van der Waals surface area (Å²) < 4.78 is 0. The highest BCUT2D eigenvalue weighted by Crippen LogP contribution is 2.65. The van der Waals surface area contributed by atoms with Crippen LogP contribution in [0.25, 0.3) is 0 Å². The van der Waals surface area contributed by atoms with Crippen molar-refractivity contribution in [3.05, 3.63) is 0 Å². The molecule has 0 nitrogen and oxygen atoms in total. The van der Waals surface area contributed by atoms with E-state index in [1.165, 1.54) is 0 Å². The van der Waals surface area contributed by atoms with Gasteiger partial charge in [0.05, 0.1) is 12.3 Å². The van der Waals surface area contributed by atoms with Gasteiger partial charge in [0.2, 0.25) is 0 Å². The third-order valence-corrected chi connectivity index (χ3v) is 3.35. The Hall–Kier alpha value is 0.430. The summed E-state index contributed by atoms with van der Waals surface area (Å²) in [4.78, 5) is 0. The largest absolute Gasteiger partial charge is 0.0925 e. The maximum Gasteiger partial charge on any atom is 0.0925 e. The van der Waals surface area contributed by atoms with Crippen LogP contribution in [0.1, 0.15) is 0 Å². The minimum Gasteiger partial charge on any atom is 0.0156 e. The summed E-state index contributed by atoms with van der Waals surface area (Å²) in [5.74, 6) is 0. The van der Waals surface area contributed by atoms with Crippen molar-refractivity contribution in [3.8, 4) is 0 Å². The molecule has 30 valence electrons. The summed E-state index contributed by atoms with van der Waals surface area (Å²) in [5.41, 5.74) is 0. The predicted octanol–water partition coefficient (Wildman–Crippen LogP) is 1.28. The lowest BCUT2D eigenvalue weighted by atomic mass is 11.0. The molecule has 1 aliphatic heterocycles. The van der Waals surface area contributed by atoms with E-state index in [4.69, 9.17) is 0 Å². The second-order valence-electron chi connectivity index (χ2n) is 2.38. The molecule has 1 fully saturated rings. The molecule has 0 spiro atoms. The number of hydrogen-bond donors (Lipinski definition) is 0. The first-order chi connectivity index (χ1) is 2.21. The molecule has 0 aromatic rings. The highest BCUT2D eigenvalue weighted by Gasteiger charge is 2.40. The molecule has 1 saturated heterocycles. The molecule has 0 unspecified atom stereocenters. The molecule has 0 N–H and O–H groups in total. The van der Waals surface area contributed by atoms with Crippen LogP contribution in [-0.2, 0) is 0 Å². The summed E-state index contributed by atoms with van der Waals surface area (Å²) in [6.07, 6.45) is 3.12. The van der Waals surface area contributed by atoms with Crippen LogP contribution >= 0.6 is 7.26 Å². The molecule has 1 aliphatic rings. The van der Waals surface area contributed by atoms with Gasteiger partial charge in [0.15, 0.2) is 0 Å². The third-order valence-electron chi connectivity index (χ3n) is 1.12. The molecule has 0 amide bonds. The smallest absolute Gasteiger partial charge is 0.0156 e. The van der Waals surface area contributed by atoms with Gasteiger partial charge in [0, 0.05) is 20.6 Å². The Labute approximate surface area is 33.9 Å². The summed E-state index contributed by atoms with van der Waals surface area (Å²) >= 11 is 0. The van der Waals surface area contributed by atoms with Crippen LogP contribution in [0.3, 0.4) is 0 Å². The first kappa shape index (κ1) is 3.61. The van der Waals surface area contributed by atoms with Gasteiger partial charge in [0.1, 0.15) is 0 Å². The van der Waals surface area contributed by atoms with Gasteiger partial charge in [-0.1, -0.05) is 0 Å². The van der Waals surface area contributed by atoms with Gasteiger partial charge >= 0.3 is 0 Å². The Bertz CT molecular complexity index is 41.6. The Morgan fingerprint density at radius 2 is 1.40 bits per heavy atom.